The Bertz CT molecular complexity index is 1320. The first-order chi connectivity index (χ1) is 23.0. The predicted molar refractivity (Wildman–Crippen MR) is 186 cm³/mol. The largest absolute Gasteiger partial charge is 0.490 e. The van der Waals surface area contributed by atoms with Gasteiger partial charge >= 0.3 is 6.09 Å². The van der Waals surface area contributed by atoms with Gasteiger partial charge in [0.1, 0.15) is 29.7 Å². The quantitative estimate of drug-likeness (QED) is 0.106. The van der Waals surface area contributed by atoms with Crippen LogP contribution in [0, 0.1) is 17.8 Å². The summed E-state index contributed by atoms with van der Waals surface area (Å²) in [4.78, 5) is 21.1. The average molecular weight is 669 g/mol. The van der Waals surface area contributed by atoms with Gasteiger partial charge in [0, 0.05) is 38.2 Å². The molecule has 0 radical (unpaired) electrons. The summed E-state index contributed by atoms with van der Waals surface area (Å²) < 4.78 is 25.5. The summed E-state index contributed by atoms with van der Waals surface area (Å²) in [5.74, 6) is -0.167. The molecule has 6 atom stereocenters. The zero-order valence-corrected chi connectivity index (χ0v) is 29.5. The number of oxime groups is 1. The molecule has 1 aromatic carbocycles. The number of rotatable bonds is 17. The van der Waals surface area contributed by atoms with Gasteiger partial charge in [-0.15, -0.1) is 6.58 Å². The molecule has 1 heterocycles. The molecule has 6 unspecified atom stereocenters. The van der Waals surface area contributed by atoms with Crippen LogP contribution in [0.3, 0.4) is 0 Å². The van der Waals surface area contributed by atoms with Gasteiger partial charge < -0.3 is 38.9 Å². The topological polar surface area (TPSA) is 119 Å². The van der Waals surface area contributed by atoms with Crippen LogP contribution in [0.25, 0.3) is 0 Å². The molecule has 2 aliphatic carbocycles. The van der Waals surface area contributed by atoms with Crippen molar-refractivity contribution in [2.75, 3.05) is 40.1 Å². The molecule has 10 heteroatoms. The van der Waals surface area contributed by atoms with E-state index in [1.54, 1.807) is 31.0 Å². The lowest BCUT2D eigenvalue weighted by Gasteiger charge is -2.59. The molecule has 1 aliphatic heterocycles. The number of carbonyl (C=O) groups excluding carboxylic acids is 1. The number of benzene rings is 1. The van der Waals surface area contributed by atoms with Crippen LogP contribution in [-0.4, -0.2) is 84.4 Å². The Hall–Kier alpha value is -3.34. The molecule has 4 rings (SSSR count). The van der Waals surface area contributed by atoms with Crippen LogP contribution < -0.4 is 9.47 Å². The number of hydrogen-bond donors (Lipinski definition) is 2. The fourth-order valence-corrected chi connectivity index (χ4v) is 7.52. The van der Waals surface area contributed by atoms with E-state index in [-0.39, 0.29) is 50.1 Å². The molecule has 3 aliphatic rings. The normalized spacial score (nSPS) is 26.8. The summed E-state index contributed by atoms with van der Waals surface area (Å²) in [5.41, 5.74) is 2.18. The van der Waals surface area contributed by atoms with Crippen molar-refractivity contribution >= 4 is 11.8 Å². The van der Waals surface area contributed by atoms with Gasteiger partial charge in [0.15, 0.2) is 0 Å². The Morgan fingerprint density at radius 1 is 1.10 bits per heavy atom. The molecule has 0 spiro atoms. The number of carbonyl (C=O) groups is 1. The van der Waals surface area contributed by atoms with Gasteiger partial charge in [-0.1, -0.05) is 42.8 Å². The molecular weight excluding hydrogens is 612 g/mol. The summed E-state index contributed by atoms with van der Waals surface area (Å²) >= 11 is 0. The summed E-state index contributed by atoms with van der Waals surface area (Å²) in [7, 11) is 1.72. The fraction of sp³-hybridized carbons (Fsp3) is 0.632. The predicted octanol–water partition coefficient (Wildman–Crippen LogP) is 6.77. The molecule has 0 bridgehead atoms. The molecule has 1 aromatic rings. The molecule has 0 aromatic heterocycles. The molecule has 48 heavy (non-hydrogen) atoms. The average Bonchev–Trinajstić information content (AvgIpc) is 3.06. The number of nitrogens with zero attached hydrogens (tertiary/aromatic N) is 2. The van der Waals surface area contributed by atoms with E-state index < -0.39 is 23.5 Å². The monoisotopic (exact) mass is 668 g/mol. The maximum absolute atomic E-state index is 13.4. The van der Waals surface area contributed by atoms with Crippen LogP contribution in [0.2, 0.25) is 0 Å². The number of aliphatic hydroxyl groups is 2. The third kappa shape index (κ3) is 8.26. The molecule has 2 N–H and O–H groups in total. The first kappa shape index (κ1) is 37.5. The van der Waals surface area contributed by atoms with Crippen LogP contribution in [0.5, 0.6) is 11.5 Å². The standard InChI is InChI=1S/C38H56N2O8/c1-8-21-45-27-17-18-32-30(24-27)34-28(16-12-14-20-42)26(15-11-13-19-41)23-29-31(39-48-37(4,5)6)25-33(40(7)36(43)44-10-3)38(47-32,35(29)34)46-22-9-2/h8-9,17-18,23-24,26,28,33-35,41-42H,1-2,10-16,19-22,25H2,3-7H3. The van der Waals surface area contributed by atoms with Crippen molar-refractivity contribution in [1.82, 2.24) is 4.90 Å². The number of aliphatic hydroxyl groups excluding tert-OH is 2. The highest BCUT2D eigenvalue weighted by atomic mass is 16.7. The minimum Gasteiger partial charge on any atom is -0.490 e. The number of allylic oxidation sites excluding steroid dienone is 1. The van der Waals surface area contributed by atoms with Gasteiger partial charge in [0.2, 0.25) is 5.79 Å². The fourth-order valence-electron chi connectivity index (χ4n) is 7.52. The molecule has 1 amide bonds. The van der Waals surface area contributed by atoms with Gasteiger partial charge in [0.05, 0.1) is 24.8 Å². The van der Waals surface area contributed by atoms with Crippen molar-refractivity contribution in [3.8, 4) is 11.5 Å². The molecule has 1 fully saturated rings. The number of fused-ring (bicyclic) bond motifs is 2. The van der Waals surface area contributed by atoms with Gasteiger partial charge in [0.25, 0.3) is 0 Å². The number of unbranched alkanes of at least 4 members (excludes halogenated alkanes) is 2. The smallest absolute Gasteiger partial charge is 0.409 e. The van der Waals surface area contributed by atoms with Crippen molar-refractivity contribution in [2.24, 2.45) is 22.9 Å². The number of hydrogen-bond acceptors (Lipinski definition) is 9. The van der Waals surface area contributed by atoms with Crippen molar-refractivity contribution in [3.63, 3.8) is 0 Å². The Balaban J connectivity index is 2.03. The second kappa shape index (κ2) is 16.9. The van der Waals surface area contributed by atoms with Crippen molar-refractivity contribution in [1.29, 1.82) is 0 Å². The molecule has 1 saturated carbocycles. The second-order valence-electron chi connectivity index (χ2n) is 13.9. The van der Waals surface area contributed by atoms with Crippen molar-refractivity contribution < 1.29 is 38.8 Å². The van der Waals surface area contributed by atoms with E-state index in [1.807, 2.05) is 32.9 Å². The Labute approximate surface area is 286 Å². The minimum atomic E-state index is -1.31. The first-order valence-electron chi connectivity index (χ1n) is 17.4. The highest BCUT2D eigenvalue weighted by molar-refractivity contribution is 6.02. The third-order valence-electron chi connectivity index (χ3n) is 9.47. The number of likely N-dealkylation sites (N-methyl/N-ethyl adjacent to an activating group) is 1. The molecule has 10 nitrogen and oxygen atoms in total. The van der Waals surface area contributed by atoms with Crippen LogP contribution in [0.1, 0.15) is 84.1 Å². The Kier molecular flexibility index (Phi) is 13.2. The lowest BCUT2D eigenvalue weighted by atomic mass is 9.55. The molecular formula is C38H56N2O8. The highest BCUT2D eigenvalue weighted by Crippen LogP contribution is 2.61. The Morgan fingerprint density at radius 3 is 2.46 bits per heavy atom. The van der Waals surface area contributed by atoms with E-state index in [0.29, 0.717) is 37.4 Å². The van der Waals surface area contributed by atoms with Gasteiger partial charge in [-0.05, 0) is 89.0 Å². The van der Waals surface area contributed by atoms with Crippen molar-refractivity contribution in [2.45, 2.75) is 96.0 Å². The van der Waals surface area contributed by atoms with E-state index in [2.05, 4.69) is 25.3 Å². The van der Waals surface area contributed by atoms with Crippen LogP contribution in [0.15, 0.2) is 60.3 Å². The molecule has 266 valence electrons. The van der Waals surface area contributed by atoms with Gasteiger partial charge in [-0.2, -0.15) is 0 Å². The maximum Gasteiger partial charge on any atom is 0.409 e. The second-order valence-corrected chi connectivity index (χ2v) is 13.9. The van der Waals surface area contributed by atoms with Crippen LogP contribution in [-0.2, 0) is 14.3 Å². The number of amides is 1. The van der Waals surface area contributed by atoms with Crippen LogP contribution >= 0.6 is 0 Å². The SMILES string of the molecule is C=CCOc1ccc2c(c1)C1C(CCCCO)C(CCCCO)C=C3C(=NOC(C)(C)C)CC(N(C)C(=O)OCC)C(OCC=C)(O2)C31. The lowest BCUT2D eigenvalue weighted by molar-refractivity contribution is -0.253. The minimum absolute atomic E-state index is 0.121. The zero-order chi connectivity index (χ0) is 34.9. The summed E-state index contributed by atoms with van der Waals surface area (Å²) in [6.07, 6.45) is 10.4. The zero-order valence-electron chi connectivity index (χ0n) is 29.5. The van der Waals surface area contributed by atoms with Gasteiger partial charge in [-0.3, -0.25) is 0 Å². The third-order valence-corrected chi connectivity index (χ3v) is 9.47. The van der Waals surface area contributed by atoms with Crippen LogP contribution in [0.4, 0.5) is 4.79 Å². The Morgan fingerprint density at radius 2 is 1.81 bits per heavy atom. The maximum atomic E-state index is 13.4. The summed E-state index contributed by atoms with van der Waals surface area (Å²) in [6.45, 7) is 16.4. The summed E-state index contributed by atoms with van der Waals surface area (Å²) in [5, 5.41) is 24.2. The lowest BCUT2D eigenvalue weighted by Crippen LogP contribution is -2.69. The van der Waals surface area contributed by atoms with E-state index in [1.165, 1.54) is 0 Å². The first-order valence-corrected chi connectivity index (χ1v) is 17.4. The van der Waals surface area contributed by atoms with Crippen molar-refractivity contribution in [3.05, 3.63) is 60.7 Å². The number of ether oxygens (including phenoxy) is 4. The van der Waals surface area contributed by atoms with E-state index in [0.717, 1.165) is 42.5 Å². The van der Waals surface area contributed by atoms with Gasteiger partial charge in [-0.25, -0.2) is 4.79 Å². The highest BCUT2D eigenvalue weighted by Gasteiger charge is 2.65. The molecule has 0 saturated heterocycles. The van der Waals surface area contributed by atoms with E-state index in [9.17, 15) is 15.0 Å². The van der Waals surface area contributed by atoms with E-state index >= 15 is 0 Å². The van der Waals surface area contributed by atoms with E-state index in [4.69, 9.17) is 28.9 Å². The summed E-state index contributed by atoms with van der Waals surface area (Å²) in [6, 6.07) is 5.26.